The van der Waals surface area contributed by atoms with Crippen molar-refractivity contribution in [3.05, 3.63) is 60.1 Å². The number of rotatable bonds is 0. The van der Waals surface area contributed by atoms with Gasteiger partial charge in [0.2, 0.25) is 5.65 Å². The van der Waals surface area contributed by atoms with Crippen LogP contribution in [-0.2, 0) is 0 Å². The van der Waals surface area contributed by atoms with Gasteiger partial charge in [-0.3, -0.25) is 4.79 Å². The van der Waals surface area contributed by atoms with Crippen molar-refractivity contribution in [2.75, 3.05) is 0 Å². The van der Waals surface area contributed by atoms with Gasteiger partial charge in [-0.05, 0) is 0 Å². The molecule has 0 aliphatic rings. The van der Waals surface area contributed by atoms with Crippen molar-refractivity contribution in [1.82, 2.24) is 19.1 Å². The third-order valence-electron chi connectivity index (χ3n) is 2.28. The Kier molecular flexibility index (Phi) is 2.11. The molecule has 3 aromatic rings. The molecular formula is C9H4N4O6. The van der Waals surface area contributed by atoms with Gasteiger partial charge in [0.1, 0.15) is 0 Å². The summed E-state index contributed by atoms with van der Waals surface area (Å²) in [6.45, 7) is 0. The molecule has 0 saturated heterocycles. The first-order valence-electron chi connectivity index (χ1n) is 4.92. The molecule has 0 saturated carbocycles. The zero-order chi connectivity index (χ0) is 13.6. The zero-order valence-electron chi connectivity index (χ0n) is 9.02. The molecule has 1 N–H and O–H groups in total. The monoisotopic (exact) mass is 264 g/mol. The molecule has 3 heterocycles. The Balaban J connectivity index is 2.90. The topological polar surface area (TPSA) is 132 Å². The summed E-state index contributed by atoms with van der Waals surface area (Å²) in [6, 6.07) is 1.49. The van der Waals surface area contributed by atoms with Crippen LogP contribution in [0.15, 0.2) is 46.7 Å². The maximum absolute atomic E-state index is 11.9. The van der Waals surface area contributed by atoms with Crippen LogP contribution in [0.1, 0.15) is 0 Å². The van der Waals surface area contributed by atoms with Crippen LogP contribution in [0.2, 0.25) is 0 Å². The molecule has 10 heteroatoms. The van der Waals surface area contributed by atoms with E-state index in [1.165, 1.54) is 0 Å². The predicted molar refractivity (Wildman–Crippen MR) is 58.9 cm³/mol. The van der Waals surface area contributed by atoms with Crippen LogP contribution in [0.25, 0.3) is 11.2 Å². The first-order chi connectivity index (χ1) is 9.08. The van der Waals surface area contributed by atoms with E-state index in [0.717, 1.165) is 18.5 Å². The summed E-state index contributed by atoms with van der Waals surface area (Å²) >= 11 is 0. The number of aromatic nitrogens is 4. The summed E-state index contributed by atoms with van der Waals surface area (Å²) in [4.78, 5) is 52.5. The van der Waals surface area contributed by atoms with Crippen molar-refractivity contribution in [2.24, 2.45) is 0 Å². The van der Waals surface area contributed by atoms with Crippen LogP contribution >= 0.6 is 0 Å². The molecular weight excluding hydrogens is 260 g/mol. The lowest BCUT2D eigenvalue weighted by Gasteiger charge is -1.93. The Labute approximate surface area is 100 Å². The minimum Gasteiger partial charge on any atom is -0.339 e. The predicted octanol–water partition coefficient (Wildman–Crippen LogP) is -1.90. The van der Waals surface area contributed by atoms with Crippen LogP contribution in [0.5, 0.6) is 0 Å². The number of imidazole rings is 1. The smallest absolute Gasteiger partial charge is 0.339 e. The van der Waals surface area contributed by atoms with Crippen LogP contribution < -0.4 is 22.5 Å². The maximum Gasteiger partial charge on any atom is 0.400 e. The zero-order valence-corrected chi connectivity index (χ0v) is 9.02. The van der Waals surface area contributed by atoms with Gasteiger partial charge in [0, 0.05) is 12.1 Å². The molecule has 2 bridgehead atoms. The van der Waals surface area contributed by atoms with Gasteiger partial charge in [-0.25, -0.2) is 19.4 Å². The van der Waals surface area contributed by atoms with Gasteiger partial charge in [0.05, 0.1) is 6.33 Å². The summed E-state index contributed by atoms with van der Waals surface area (Å²) in [7, 11) is 0. The van der Waals surface area contributed by atoms with E-state index in [1.807, 2.05) is 0 Å². The van der Waals surface area contributed by atoms with Crippen LogP contribution in [-0.4, -0.2) is 19.1 Å². The normalized spacial score (nSPS) is 10.9. The van der Waals surface area contributed by atoms with Gasteiger partial charge in [0.25, 0.3) is 0 Å². The number of nitrogens with zero attached hydrogens (tertiary/aromatic N) is 3. The largest absolute Gasteiger partial charge is 0.400 e. The lowest BCUT2D eigenvalue weighted by Crippen LogP contribution is -2.33. The molecule has 0 atom stereocenters. The highest BCUT2D eigenvalue weighted by Crippen LogP contribution is 1.97. The average Bonchev–Trinajstić information content (AvgIpc) is 2.86. The molecule has 0 unspecified atom stereocenters. The summed E-state index contributed by atoms with van der Waals surface area (Å²) in [6.07, 6.45) is 1.13. The second-order valence-electron chi connectivity index (χ2n) is 3.43. The SMILES string of the molecule is O=c1ccc(=O)on2c(=O)n(o1)c(=O)c1[nH]cnc12. The van der Waals surface area contributed by atoms with Gasteiger partial charge in [-0.15, -0.1) is 0 Å². The van der Waals surface area contributed by atoms with Crippen molar-refractivity contribution < 1.29 is 9.05 Å². The lowest BCUT2D eigenvalue weighted by atomic mass is 10.5. The van der Waals surface area contributed by atoms with Crippen molar-refractivity contribution in [2.45, 2.75) is 0 Å². The van der Waals surface area contributed by atoms with Crippen molar-refractivity contribution in [1.29, 1.82) is 0 Å². The number of hydrogen-bond donors (Lipinski definition) is 1. The first-order valence-corrected chi connectivity index (χ1v) is 4.92. The minimum absolute atomic E-state index is 0.151. The number of nitrogens with one attached hydrogen (secondary N) is 1. The van der Waals surface area contributed by atoms with E-state index in [-0.39, 0.29) is 15.7 Å². The van der Waals surface area contributed by atoms with Gasteiger partial charge >= 0.3 is 22.5 Å². The fourth-order valence-electron chi connectivity index (χ4n) is 1.50. The number of fused-ring (bicyclic) bond motifs is 4. The summed E-state index contributed by atoms with van der Waals surface area (Å²) in [5, 5.41) is 0. The average molecular weight is 264 g/mol. The number of H-pyrrole nitrogens is 1. The quantitative estimate of drug-likeness (QED) is 0.501. The third kappa shape index (κ3) is 1.54. The Morgan fingerprint density at radius 1 is 1.00 bits per heavy atom. The Morgan fingerprint density at radius 2 is 1.63 bits per heavy atom. The van der Waals surface area contributed by atoms with Crippen LogP contribution in [0, 0.1) is 0 Å². The molecule has 0 aromatic carbocycles. The van der Waals surface area contributed by atoms with E-state index in [9.17, 15) is 19.2 Å². The summed E-state index contributed by atoms with van der Waals surface area (Å²) in [5.74, 6) is 0. The van der Waals surface area contributed by atoms with Crippen molar-refractivity contribution in [3.63, 3.8) is 0 Å². The Hall–Kier alpha value is -3.17. The van der Waals surface area contributed by atoms with Gasteiger partial charge in [-0.2, -0.15) is 0 Å². The molecule has 19 heavy (non-hydrogen) atoms. The van der Waals surface area contributed by atoms with Gasteiger partial charge in [-0.1, -0.05) is 9.15 Å². The number of aromatic amines is 1. The molecule has 10 nitrogen and oxygen atoms in total. The molecule has 96 valence electrons. The minimum atomic E-state index is -1.16. The number of hydrogen-bond acceptors (Lipinski definition) is 7. The second kappa shape index (κ2) is 3.66. The van der Waals surface area contributed by atoms with E-state index in [0.29, 0.717) is 4.57 Å². The van der Waals surface area contributed by atoms with E-state index >= 15 is 0 Å². The summed E-state index contributed by atoms with van der Waals surface area (Å²) in [5.41, 5.74) is -4.48. The molecule has 0 spiro atoms. The fraction of sp³-hybridized carbons (Fsp3) is 0. The fourth-order valence-corrected chi connectivity index (χ4v) is 1.50. The van der Waals surface area contributed by atoms with Gasteiger partial charge < -0.3 is 14.0 Å². The maximum atomic E-state index is 11.9. The van der Waals surface area contributed by atoms with E-state index in [1.54, 1.807) is 0 Å². The van der Waals surface area contributed by atoms with Crippen molar-refractivity contribution >= 4 is 11.2 Å². The Bertz CT molecular complexity index is 1050. The summed E-state index contributed by atoms with van der Waals surface area (Å²) < 4.78 is 9.84. The van der Waals surface area contributed by atoms with E-state index in [4.69, 9.17) is 0 Å². The second-order valence-corrected chi connectivity index (χ2v) is 3.43. The molecule has 3 rings (SSSR count). The molecule has 3 aromatic heterocycles. The lowest BCUT2D eigenvalue weighted by molar-refractivity contribution is 0.263. The standard InChI is InChI=1S/C9H4N4O6/c14-4-1-2-5(15)19-13-8(16)6-7(11-3-10-6)12(18-4)9(13)17/h1-3H,(H,10,11). The molecule has 0 aliphatic heterocycles. The molecule has 0 aliphatic carbocycles. The highest BCUT2D eigenvalue weighted by Gasteiger charge is 2.13. The van der Waals surface area contributed by atoms with Crippen LogP contribution in [0.3, 0.4) is 0 Å². The Morgan fingerprint density at radius 3 is 2.32 bits per heavy atom. The van der Waals surface area contributed by atoms with E-state index < -0.39 is 22.5 Å². The van der Waals surface area contributed by atoms with Crippen molar-refractivity contribution in [3.8, 4) is 0 Å². The molecule has 0 amide bonds. The van der Waals surface area contributed by atoms with Gasteiger partial charge in [0.15, 0.2) is 5.52 Å². The first kappa shape index (κ1) is 11.0. The van der Waals surface area contributed by atoms with E-state index in [2.05, 4.69) is 19.0 Å². The molecule has 0 fully saturated rings. The highest BCUT2D eigenvalue weighted by molar-refractivity contribution is 5.67. The third-order valence-corrected chi connectivity index (χ3v) is 2.28. The van der Waals surface area contributed by atoms with Crippen LogP contribution in [0.4, 0.5) is 0 Å². The molecule has 0 radical (unpaired) electrons. The highest BCUT2D eigenvalue weighted by atomic mass is 16.5.